The van der Waals surface area contributed by atoms with Crippen LogP contribution < -0.4 is 11.1 Å². The third kappa shape index (κ3) is 6.16. The molecule has 0 radical (unpaired) electrons. The highest BCUT2D eigenvalue weighted by molar-refractivity contribution is 6.31. The minimum Gasteiger partial charge on any atom is -0.369 e. The molecule has 0 spiro atoms. The Morgan fingerprint density at radius 2 is 1.82 bits per heavy atom. The van der Waals surface area contributed by atoms with Crippen molar-refractivity contribution in [2.75, 3.05) is 26.2 Å². The first-order chi connectivity index (χ1) is 15.8. The van der Waals surface area contributed by atoms with Crippen LogP contribution in [-0.2, 0) is 22.6 Å². The molecule has 2 aromatic carbocycles. The molecule has 2 aliphatic heterocycles. The lowest BCUT2D eigenvalue weighted by Crippen LogP contribution is -2.68. The van der Waals surface area contributed by atoms with Gasteiger partial charge < -0.3 is 16.0 Å². The van der Waals surface area contributed by atoms with E-state index in [0.29, 0.717) is 10.6 Å². The van der Waals surface area contributed by atoms with Gasteiger partial charge in [-0.05, 0) is 53.5 Å². The van der Waals surface area contributed by atoms with Gasteiger partial charge in [0.15, 0.2) is 0 Å². The van der Waals surface area contributed by atoms with Crippen LogP contribution in [-0.4, -0.2) is 59.9 Å². The van der Waals surface area contributed by atoms with Crippen molar-refractivity contribution in [3.05, 3.63) is 75.6 Å². The topological polar surface area (TPSA) is 78.7 Å². The summed E-state index contributed by atoms with van der Waals surface area (Å²) < 4.78 is 13.2. The highest BCUT2D eigenvalue weighted by Crippen LogP contribution is 2.24. The van der Waals surface area contributed by atoms with Crippen molar-refractivity contribution in [2.45, 2.75) is 32.0 Å². The van der Waals surface area contributed by atoms with Gasteiger partial charge in [-0.3, -0.25) is 14.5 Å². The van der Waals surface area contributed by atoms with Crippen molar-refractivity contribution in [1.82, 2.24) is 15.1 Å². The molecular weight excluding hydrogens is 478 g/mol. The molecule has 2 fully saturated rings. The minimum absolute atomic E-state index is 0. The fraction of sp³-hybridized carbons (Fsp3) is 0.360. The number of carbonyl (C=O) groups excluding carboxylic acids is 2. The zero-order valence-corrected chi connectivity index (χ0v) is 20.5. The van der Waals surface area contributed by atoms with Crippen LogP contribution in [0.25, 0.3) is 6.08 Å². The molecule has 2 heterocycles. The van der Waals surface area contributed by atoms with Crippen LogP contribution in [0.5, 0.6) is 0 Å². The van der Waals surface area contributed by atoms with E-state index in [9.17, 15) is 14.0 Å². The largest absolute Gasteiger partial charge is 0.369 e. The summed E-state index contributed by atoms with van der Waals surface area (Å²) in [6.07, 6.45) is 3.39. The Morgan fingerprint density at radius 3 is 2.44 bits per heavy atom. The zero-order chi connectivity index (χ0) is 23.5. The van der Waals surface area contributed by atoms with E-state index in [1.807, 2.05) is 17.9 Å². The van der Waals surface area contributed by atoms with Crippen molar-refractivity contribution in [2.24, 2.45) is 5.73 Å². The molecule has 2 amide bonds. The van der Waals surface area contributed by atoms with E-state index in [1.54, 1.807) is 30.4 Å². The number of nitrogens with zero attached hydrogens (tertiary/aromatic N) is 2. The molecule has 0 saturated carbocycles. The summed E-state index contributed by atoms with van der Waals surface area (Å²) in [5, 5.41) is 3.98. The number of fused-ring (bicyclic) bond motifs is 2. The molecule has 2 saturated heterocycles. The first-order valence-electron chi connectivity index (χ1n) is 11.1. The van der Waals surface area contributed by atoms with Crippen molar-refractivity contribution in [3.8, 4) is 0 Å². The Bertz CT molecular complexity index is 1060. The molecule has 2 bridgehead atoms. The molecule has 2 atom stereocenters. The molecule has 6 nitrogen and oxygen atoms in total. The number of carbonyl (C=O) groups is 2. The minimum atomic E-state index is -0.450. The first kappa shape index (κ1) is 26.2. The fourth-order valence-electron chi connectivity index (χ4n) is 4.71. The smallest absolute Gasteiger partial charge is 0.247 e. The maximum Gasteiger partial charge on any atom is 0.247 e. The summed E-state index contributed by atoms with van der Waals surface area (Å²) in [6, 6.07) is 10.3. The average Bonchev–Trinajstić information content (AvgIpc) is 2.75. The van der Waals surface area contributed by atoms with Gasteiger partial charge in [-0.25, -0.2) is 4.39 Å². The average molecular weight is 507 g/mol. The van der Waals surface area contributed by atoms with Gasteiger partial charge >= 0.3 is 0 Å². The lowest BCUT2D eigenvalue weighted by Gasteiger charge is -2.50. The van der Waals surface area contributed by atoms with Crippen LogP contribution in [0.3, 0.4) is 0 Å². The standard InChI is InChI=1S/C25H28ClFN4O2.ClH/c1-16-8-18(19(9-23(16)26)10-24(28)32)4-7-25(33)31-21-11-29-12-22(31)15-30(14-21)13-17-2-5-20(27)6-3-17;/h2-9,21-22,29H,10-15H2,1H3,(H2,28,32);1H/b7-4+;. The van der Waals surface area contributed by atoms with Crippen LogP contribution in [0.15, 0.2) is 42.5 Å². The van der Waals surface area contributed by atoms with Gasteiger partial charge in [-0.2, -0.15) is 0 Å². The number of hydrogen-bond donors (Lipinski definition) is 2. The van der Waals surface area contributed by atoms with Crippen molar-refractivity contribution >= 4 is 41.9 Å². The van der Waals surface area contributed by atoms with E-state index in [0.717, 1.165) is 49.4 Å². The highest BCUT2D eigenvalue weighted by atomic mass is 35.5. The van der Waals surface area contributed by atoms with Gasteiger partial charge in [0.2, 0.25) is 11.8 Å². The van der Waals surface area contributed by atoms with E-state index in [4.69, 9.17) is 17.3 Å². The van der Waals surface area contributed by atoms with Crippen molar-refractivity contribution in [1.29, 1.82) is 0 Å². The second-order valence-corrected chi connectivity index (χ2v) is 9.22. The maximum atomic E-state index is 13.2. The number of rotatable bonds is 6. The second kappa shape index (κ2) is 11.3. The number of hydrogen-bond acceptors (Lipinski definition) is 4. The van der Waals surface area contributed by atoms with Gasteiger partial charge in [0.25, 0.3) is 0 Å². The van der Waals surface area contributed by atoms with Gasteiger partial charge in [-0.1, -0.05) is 29.8 Å². The van der Waals surface area contributed by atoms with E-state index in [2.05, 4.69) is 10.2 Å². The normalized spacial score (nSPS) is 20.3. The Hall–Kier alpha value is -2.45. The van der Waals surface area contributed by atoms with Crippen molar-refractivity contribution < 1.29 is 14.0 Å². The lowest BCUT2D eigenvalue weighted by molar-refractivity contribution is -0.136. The second-order valence-electron chi connectivity index (χ2n) is 8.81. The molecule has 0 aliphatic carbocycles. The van der Waals surface area contributed by atoms with Crippen LogP contribution in [0.1, 0.15) is 22.3 Å². The van der Waals surface area contributed by atoms with E-state index >= 15 is 0 Å². The van der Waals surface area contributed by atoms with Crippen molar-refractivity contribution in [3.63, 3.8) is 0 Å². The van der Waals surface area contributed by atoms with Crippen LogP contribution in [0.4, 0.5) is 4.39 Å². The number of piperazine rings is 2. The molecule has 0 aromatic heterocycles. The van der Waals surface area contributed by atoms with Gasteiger partial charge in [0.05, 0.1) is 18.5 Å². The Morgan fingerprint density at radius 1 is 1.18 bits per heavy atom. The molecule has 2 aliphatic rings. The summed E-state index contributed by atoms with van der Waals surface area (Å²) in [5.74, 6) is -0.740. The lowest BCUT2D eigenvalue weighted by atomic mass is 9.99. The number of nitrogens with one attached hydrogen (secondary N) is 1. The summed E-state index contributed by atoms with van der Waals surface area (Å²) in [5.41, 5.74) is 8.77. The number of nitrogens with two attached hydrogens (primary N) is 1. The first-order valence-corrected chi connectivity index (χ1v) is 11.4. The summed E-state index contributed by atoms with van der Waals surface area (Å²) in [7, 11) is 0. The quantitative estimate of drug-likeness (QED) is 0.590. The zero-order valence-electron chi connectivity index (χ0n) is 19.0. The Kier molecular flexibility index (Phi) is 8.71. The third-order valence-corrected chi connectivity index (χ3v) is 6.66. The van der Waals surface area contributed by atoms with Gasteiger partial charge in [0, 0.05) is 43.8 Å². The van der Waals surface area contributed by atoms with Gasteiger partial charge in [0.1, 0.15) is 5.82 Å². The fourth-order valence-corrected chi connectivity index (χ4v) is 4.90. The predicted octanol–water partition coefficient (Wildman–Crippen LogP) is 2.94. The Labute approximate surface area is 210 Å². The van der Waals surface area contributed by atoms with E-state index in [1.165, 1.54) is 12.1 Å². The maximum absolute atomic E-state index is 13.2. The molecule has 4 rings (SSSR count). The van der Waals surface area contributed by atoms with E-state index < -0.39 is 5.91 Å². The van der Waals surface area contributed by atoms with Crippen LogP contribution in [0.2, 0.25) is 5.02 Å². The predicted molar refractivity (Wildman–Crippen MR) is 134 cm³/mol. The monoisotopic (exact) mass is 506 g/mol. The van der Waals surface area contributed by atoms with Crippen LogP contribution >= 0.6 is 24.0 Å². The van der Waals surface area contributed by atoms with Crippen LogP contribution in [0, 0.1) is 12.7 Å². The van der Waals surface area contributed by atoms with E-state index in [-0.39, 0.29) is 42.6 Å². The number of amides is 2. The summed E-state index contributed by atoms with van der Waals surface area (Å²) in [4.78, 5) is 29.0. The number of benzene rings is 2. The highest BCUT2D eigenvalue weighted by Gasteiger charge is 2.39. The molecular formula is C25H29Cl2FN4O2. The number of halogens is 3. The third-order valence-electron chi connectivity index (χ3n) is 6.25. The summed E-state index contributed by atoms with van der Waals surface area (Å²) in [6.45, 7) is 5.55. The number of primary amides is 1. The molecule has 9 heteroatoms. The van der Waals surface area contributed by atoms with Gasteiger partial charge in [-0.15, -0.1) is 12.4 Å². The molecule has 3 N–H and O–H groups in total. The Balaban J connectivity index is 0.00000324. The molecule has 182 valence electrons. The number of aryl methyl sites for hydroxylation is 1. The molecule has 34 heavy (non-hydrogen) atoms. The SMILES string of the molecule is Cc1cc(/C=C/C(=O)N2C3CNCC2CN(Cc2ccc(F)cc2)C3)c(CC(N)=O)cc1Cl.Cl. The summed E-state index contributed by atoms with van der Waals surface area (Å²) >= 11 is 6.22. The molecule has 2 unspecified atom stereocenters. The molecule has 2 aromatic rings.